The molecule has 0 atom stereocenters. The molecule has 0 fully saturated rings. The van der Waals surface area contributed by atoms with E-state index in [1.807, 2.05) is 12.1 Å². The number of ether oxygens (including phenoxy) is 1. The van der Waals surface area contributed by atoms with Crippen LogP contribution < -0.4 is 16.9 Å². The second-order valence-electron chi connectivity index (χ2n) is 8.63. The molecule has 0 aliphatic carbocycles. The van der Waals surface area contributed by atoms with Gasteiger partial charge < -0.3 is 18.8 Å². The summed E-state index contributed by atoms with van der Waals surface area (Å²) in [6.07, 6.45) is 0. The van der Waals surface area contributed by atoms with E-state index in [1.54, 1.807) is 59.1 Å². The van der Waals surface area contributed by atoms with Gasteiger partial charge in [-0.3, -0.25) is 9.36 Å². The number of pyridine rings is 1. The van der Waals surface area contributed by atoms with Gasteiger partial charge in [-0.15, -0.1) is 0 Å². The molecule has 0 saturated heterocycles. The molecule has 184 valence electrons. The smallest absolute Gasteiger partial charge is 0.422 e. The number of halogens is 2. The van der Waals surface area contributed by atoms with Crippen molar-refractivity contribution in [3.8, 4) is 5.75 Å². The fourth-order valence-electron chi connectivity index (χ4n) is 3.28. The van der Waals surface area contributed by atoms with E-state index < -0.39 is 28.5 Å². The Morgan fingerprint density at radius 1 is 0.914 bits per heavy atom. The molecule has 0 aliphatic rings. The number of nitrogens with zero attached hydrogens (tertiary/aromatic N) is 2. The maximum absolute atomic E-state index is 12.3. The molecule has 1 N–H and O–H groups in total. The van der Waals surface area contributed by atoms with Crippen LogP contribution in [0.1, 0.15) is 31.1 Å². The van der Waals surface area contributed by atoms with Gasteiger partial charge in [-0.1, -0.05) is 0 Å². The summed E-state index contributed by atoms with van der Waals surface area (Å²) in [6.45, 7) is 5.11. The lowest BCUT2D eigenvalue weighted by atomic mass is 10.1. The molecular formula is C24H22I2N2O7. The molecule has 4 rings (SSSR count). The number of carbonyl (C=O) groups is 1. The predicted octanol–water partition coefficient (Wildman–Crippen LogP) is 3.90. The van der Waals surface area contributed by atoms with E-state index in [0.717, 1.165) is 7.14 Å². The molecule has 0 unspecified atom stereocenters. The van der Waals surface area contributed by atoms with Crippen molar-refractivity contribution in [1.29, 1.82) is 0 Å². The molecular weight excluding hydrogens is 682 g/mol. The zero-order chi connectivity index (χ0) is 26.2. The number of hydrogen-bond acceptors (Lipinski definition) is 7. The molecule has 2 aromatic carbocycles. The quantitative estimate of drug-likeness (QED) is 0.236. The summed E-state index contributed by atoms with van der Waals surface area (Å²) in [7, 11) is 3.13. The highest BCUT2D eigenvalue weighted by Crippen LogP contribution is 2.28. The topological polar surface area (TPSA) is 121 Å². The lowest BCUT2D eigenvalue weighted by Gasteiger charge is -2.20. The van der Waals surface area contributed by atoms with Crippen molar-refractivity contribution in [2.24, 2.45) is 14.1 Å². The third-order valence-electron chi connectivity index (χ3n) is 4.93. The van der Waals surface area contributed by atoms with Crippen molar-refractivity contribution in [3.63, 3.8) is 0 Å². The number of rotatable bonds is 1. The Balaban J connectivity index is 0.000000211. The first-order chi connectivity index (χ1) is 16.2. The van der Waals surface area contributed by atoms with Crippen molar-refractivity contribution in [3.05, 3.63) is 80.4 Å². The van der Waals surface area contributed by atoms with Gasteiger partial charge in [0.15, 0.2) is 5.56 Å². The van der Waals surface area contributed by atoms with E-state index in [1.165, 1.54) is 9.13 Å². The average Bonchev–Trinajstić information content (AvgIpc) is 2.75. The molecule has 0 aliphatic heterocycles. The number of aromatic nitrogens is 2. The van der Waals surface area contributed by atoms with Gasteiger partial charge in [0.25, 0.3) is 5.56 Å². The van der Waals surface area contributed by atoms with Crippen molar-refractivity contribution in [1.82, 2.24) is 9.13 Å². The van der Waals surface area contributed by atoms with Crippen LogP contribution in [0, 0.1) is 7.14 Å². The average molecular weight is 704 g/mol. The monoisotopic (exact) mass is 704 g/mol. The van der Waals surface area contributed by atoms with E-state index in [4.69, 9.17) is 4.74 Å². The third-order valence-corrected chi connectivity index (χ3v) is 6.27. The van der Waals surface area contributed by atoms with E-state index in [-0.39, 0.29) is 11.3 Å². The summed E-state index contributed by atoms with van der Waals surface area (Å²) in [5.41, 5.74) is -1.08. The number of esters is 1. The zero-order valence-corrected chi connectivity index (χ0v) is 23.8. The summed E-state index contributed by atoms with van der Waals surface area (Å²) >= 11 is 4.20. The first kappa shape index (κ1) is 26.9. The predicted molar refractivity (Wildman–Crippen MR) is 149 cm³/mol. The van der Waals surface area contributed by atoms with Crippen LogP contribution in [-0.4, -0.2) is 25.8 Å². The first-order valence-corrected chi connectivity index (χ1v) is 12.4. The summed E-state index contributed by atoms with van der Waals surface area (Å²) in [6, 6.07) is 10.5. The van der Waals surface area contributed by atoms with Gasteiger partial charge in [-0.2, -0.15) is 0 Å². The fourth-order valence-corrected chi connectivity index (χ4v) is 4.26. The minimum atomic E-state index is -0.818. The van der Waals surface area contributed by atoms with Crippen LogP contribution in [-0.2, 0) is 18.8 Å². The minimum absolute atomic E-state index is 0.332. The summed E-state index contributed by atoms with van der Waals surface area (Å²) in [5.74, 6) is -1.79. The fraction of sp³-hybridized carbons (Fsp3) is 0.250. The highest BCUT2D eigenvalue weighted by molar-refractivity contribution is 14.1. The Bertz CT molecular complexity index is 1640. The lowest BCUT2D eigenvalue weighted by Crippen LogP contribution is -2.30. The Hall–Kier alpha value is -2.68. The third kappa shape index (κ3) is 5.77. The Labute approximate surface area is 226 Å². The highest BCUT2D eigenvalue weighted by Gasteiger charge is 2.26. The van der Waals surface area contributed by atoms with Crippen LogP contribution in [0.5, 0.6) is 5.75 Å². The van der Waals surface area contributed by atoms with Gasteiger partial charge in [-0.25, -0.2) is 14.4 Å². The van der Waals surface area contributed by atoms with E-state index in [2.05, 4.69) is 49.6 Å². The van der Waals surface area contributed by atoms with Crippen LogP contribution in [0.25, 0.3) is 21.8 Å². The zero-order valence-electron chi connectivity index (χ0n) is 19.5. The van der Waals surface area contributed by atoms with Crippen LogP contribution >= 0.6 is 45.2 Å². The molecule has 35 heavy (non-hydrogen) atoms. The highest BCUT2D eigenvalue weighted by atomic mass is 127. The Morgan fingerprint density at radius 3 is 1.97 bits per heavy atom. The number of hydrogen-bond donors (Lipinski definition) is 1. The van der Waals surface area contributed by atoms with Crippen molar-refractivity contribution < 1.29 is 19.1 Å². The van der Waals surface area contributed by atoms with Crippen LogP contribution in [0.4, 0.5) is 0 Å². The summed E-state index contributed by atoms with van der Waals surface area (Å²) in [4.78, 5) is 47.0. The molecule has 11 heteroatoms. The van der Waals surface area contributed by atoms with Crippen LogP contribution in [0.15, 0.2) is 55.2 Å². The van der Waals surface area contributed by atoms with Gasteiger partial charge in [-0.05, 0) is 102 Å². The number of aromatic hydroxyl groups is 1. The molecule has 2 heterocycles. The molecule has 2 aromatic heterocycles. The van der Waals surface area contributed by atoms with Crippen LogP contribution in [0.3, 0.4) is 0 Å². The van der Waals surface area contributed by atoms with E-state index in [0.29, 0.717) is 21.8 Å². The first-order valence-electron chi connectivity index (χ1n) is 10.2. The number of benzene rings is 2. The molecule has 0 saturated carbocycles. The second-order valence-corrected chi connectivity index (χ2v) is 11.1. The standard InChI is InChI=1S/C15H16INO4.C9H6INO3/c1-15(2,3)21-14(20)11-12(18)9-7-8(16)5-6-10(9)17(4)13(11)19;1-11-7-3-2-5(10)4-6(7)8(12)14-9(11)13/h5-7,18H,1-4H3;2-4H,1H3. The van der Waals surface area contributed by atoms with Crippen molar-refractivity contribution in [2.75, 3.05) is 0 Å². The van der Waals surface area contributed by atoms with Crippen molar-refractivity contribution in [2.45, 2.75) is 26.4 Å². The lowest BCUT2D eigenvalue weighted by molar-refractivity contribution is 0.00645. The Kier molecular flexibility index (Phi) is 7.79. The molecule has 0 spiro atoms. The van der Waals surface area contributed by atoms with Gasteiger partial charge in [0.1, 0.15) is 11.4 Å². The van der Waals surface area contributed by atoms with E-state index in [9.17, 15) is 24.3 Å². The largest absolute Gasteiger partial charge is 0.506 e. The van der Waals surface area contributed by atoms with Gasteiger partial charge in [0.05, 0.1) is 16.4 Å². The minimum Gasteiger partial charge on any atom is -0.506 e. The maximum atomic E-state index is 12.3. The SMILES string of the molecule is Cn1c(=O)c(C(=O)OC(C)(C)C)c(O)c2cc(I)ccc21.Cn1c(=O)oc(=O)c2cc(I)ccc21. The van der Waals surface area contributed by atoms with Gasteiger partial charge in [0, 0.05) is 26.6 Å². The van der Waals surface area contributed by atoms with Crippen molar-refractivity contribution >= 4 is 73.0 Å². The molecule has 4 aromatic rings. The molecule has 0 amide bonds. The van der Waals surface area contributed by atoms with Gasteiger partial charge >= 0.3 is 17.4 Å². The Morgan fingerprint density at radius 2 is 1.43 bits per heavy atom. The normalized spacial score (nSPS) is 11.3. The molecule has 9 nitrogen and oxygen atoms in total. The maximum Gasteiger partial charge on any atom is 0.422 e. The van der Waals surface area contributed by atoms with Gasteiger partial charge in [0.2, 0.25) is 0 Å². The summed E-state index contributed by atoms with van der Waals surface area (Å²) in [5, 5.41) is 11.2. The molecule has 0 radical (unpaired) electrons. The molecule has 0 bridgehead atoms. The number of aryl methyl sites for hydroxylation is 2. The van der Waals surface area contributed by atoms with Crippen LogP contribution in [0.2, 0.25) is 0 Å². The number of fused-ring (bicyclic) bond motifs is 2. The van der Waals surface area contributed by atoms with E-state index >= 15 is 0 Å². The number of carbonyl (C=O) groups excluding carboxylic acids is 1. The summed E-state index contributed by atoms with van der Waals surface area (Å²) < 4.78 is 14.2. The second kappa shape index (κ2) is 10.1.